The van der Waals surface area contributed by atoms with Crippen LogP contribution in [0, 0.1) is 0 Å². The van der Waals surface area contributed by atoms with Gasteiger partial charge in [0.15, 0.2) is 28.9 Å². The number of allylic oxidation sites excluding steroid dienone is 1. The highest BCUT2D eigenvalue weighted by Gasteiger charge is 2.56. The number of hydrogen-bond donors (Lipinski definition) is 0. The molecule has 0 N–H and O–H groups in total. The first kappa shape index (κ1) is 29.2. The molecular weight excluding hydrogens is 540 g/mol. The number of esters is 4. The van der Waals surface area contributed by atoms with Crippen LogP contribution in [0.1, 0.15) is 40.2 Å². The fraction of sp³-hybridized carbons (Fsp3) is 0.458. The molecule has 2 fully saturated rings. The summed E-state index contributed by atoms with van der Waals surface area (Å²) in [7, 11) is 0. The Balaban J connectivity index is 2.09. The molecule has 1 aromatic heterocycles. The van der Waals surface area contributed by atoms with E-state index >= 15 is 0 Å². The third kappa shape index (κ3) is 6.74. The van der Waals surface area contributed by atoms with Crippen LogP contribution in [0.15, 0.2) is 29.4 Å². The molecule has 0 unspecified atom stereocenters. The maximum Gasteiger partial charge on any atom is 0.303 e. The summed E-state index contributed by atoms with van der Waals surface area (Å²) >= 11 is 6.52. The van der Waals surface area contributed by atoms with E-state index in [4.69, 9.17) is 35.9 Å². The zero-order chi connectivity index (χ0) is 28.1. The quantitative estimate of drug-likeness (QED) is 0.204. The molecule has 3 rings (SSSR count). The molecular formula is C24H26N2O10S2. The first-order valence-electron chi connectivity index (χ1n) is 11.4. The van der Waals surface area contributed by atoms with E-state index in [-0.39, 0.29) is 4.32 Å². The van der Waals surface area contributed by atoms with Crippen molar-refractivity contribution in [3.63, 3.8) is 0 Å². The molecule has 2 aliphatic rings. The van der Waals surface area contributed by atoms with Crippen molar-refractivity contribution in [3.8, 4) is 0 Å². The maximum atomic E-state index is 13.7. The molecule has 14 heteroatoms. The molecule has 0 radical (unpaired) electrons. The van der Waals surface area contributed by atoms with E-state index in [1.807, 2.05) is 0 Å². The first-order valence-corrected chi connectivity index (χ1v) is 12.6. The Labute approximate surface area is 228 Å². The Morgan fingerprint density at radius 2 is 1.47 bits per heavy atom. The number of nitrogens with zero attached hydrogens (tertiary/aromatic N) is 2. The largest absolute Gasteiger partial charge is 0.463 e. The second-order valence-electron chi connectivity index (χ2n) is 8.32. The normalized spacial score (nSPS) is 26.4. The van der Waals surface area contributed by atoms with E-state index in [9.17, 15) is 24.0 Å². The van der Waals surface area contributed by atoms with E-state index in [0.717, 1.165) is 43.0 Å². The van der Waals surface area contributed by atoms with Gasteiger partial charge in [0.05, 0.1) is 4.91 Å². The van der Waals surface area contributed by atoms with Gasteiger partial charge in [0.25, 0.3) is 5.91 Å². The molecule has 1 amide bonds. The van der Waals surface area contributed by atoms with E-state index < -0.39 is 67.0 Å². The number of aromatic nitrogens is 1. The van der Waals surface area contributed by atoms with Crippen molar-refractivity contribution in [1.82, 2.24) is 9.88 Å². The molecule has 5 atom stereocenters. The van der Waals surface area contributed by atoms with Gasteiger partial charge in [-0.05, 0) is 30.2 Å². The first-order chi connectivity index (χ1) is 17.9. The zero-order valence-electron chi connectivity index (χ0n) is 21.2. The maximum absolute atomic E-state index is 13.7. The lowest BCUT2D eigenvalue weighted by molar-refractivity contribution is -0.268. The molecule has 38 heavy (non-hydrogen) atoms. The van der Waals surface area contributed by atoms with Gasteiger partial charge in [0, 0.05) is 40.1 Å². The van der Waals surface area contributed by atoms with Crippen LogP contribution >= 0.6 is 24.0 Å². The molecule has 0 spiro atoms. The minimum Gasteiger partial charge on any atom is -0.463 e. The number of thiocarbonyl (C=S) groups is 1. The van der Waals surface area contributed by atoms with E-state index in [1.165, 1.54) is 6.92 Å². The van der Waals surface area contributed by atoms with Crippen LogP contribution in [0.25, 0.3) is 5.57 Å². The van der Waals surface area contributed by atoms with E-state index in [2.05, 4.69) is 4.98 Å². The van der Waals surface area contributed by atoms with Gasteiger partial charge in [0.1, 0.15) is 12.7 Å². The highest BCUT2D eigenvalue weighted by molar-refractivity contribution is 8.26. The number of ether oxygens (including phenoxy) is 5. The monoisotopic (exact) mass is 566 g/mol. The van der Waals surface area contributed by atoms with Crippen molar-refractivity contribution < 1.29 is 47.7 Å². The van der Waals surface area contributed by atoms with Crippen molar-refractivity contribution >= 4 is 63.7 Å². The Kier molecular flexibility index (Phi) is 9.57. The molecule has 0 aliphatic carbocycles. The predicted octanol–water partition coefficient (Wildman–Crippen LogP) is 1.76. The number of hydrogen-bond acceptors (Lipinski definition) is 13. The zero-order valence-corrected chi connectivity index (χ0v) is 22.8. The van der Waals surface area contributed by atoms with Crippen LogP contribution in [0.5, 0.6) is 0 Å². The van der Waals surface area contributed by atoms with Crippen LogP contribution < -0.4 is 0 Å². The molecule has 12 nitrogen and oxygen atoms in total. The average molecular weight is 567 g/mol. The molecule has 0 saturated carbocycles. The summed E-state index contributed by atoms with van der Waals surface area (Å²) < 4.78 is 27.5. The van der Waals surface area contributed by atoms with Gasteiger partial charge in [-0.25, -0.2) is 0 Å². The smallest absolute Gasteiger partial charge is 0.303 e. The summed E-state index contributed by atoms with van der Waals surface area (Å²) in [6.45, 7) is 5.84. The highest BCUT2D eigenvalue weighted by atomic mass is 32.2. The van der Waals surface area contributed by atoms with E-state index in [0.29, 0.717) is 10.5 Å². The Hall–Kier alpha value is -3.36. The van der Waals surface area contributed by atoms with Gasteiger partial charge < -0.3 is 23.7 Å². The number of rotatable bonds is 7. The van der Waals surface area contributed by atoms with Crippen LogP contribution in [0.3, 0.4) is 0 Å². The number of thioether (sulfide) groups is 1. The highest BCUT2D eigenvalue weighted by Crippen LogP contribution is 2.41. The molecule has 0 bridgehead atoms. The predicted molar refractivity (Wildman–Crippen MR) is 136 cm³/mol. The third-order valence-electron chi connectivity index (χ3n) is 5.47. The van der Waals surface area contributed by atoms with Crippen LogP contribution in [0.2, 0.25) is 0 Å². The molecule has 0 aromatic carbocycles. The molecule has 3 heterocycles. The van der Waals surface area contributed by atoms with Crippen molar-refractivity contribution in [3.05, 3.63) is 35.0 Å². The fourth-order valence-corrected chi connectivity index (χ4v) is 5.33. The summed E-state index contributed by atoms with van der Waals surface area (Å²) in [5.41, 5.74) is 1.36. The van der Waals surface area contributed by atoms with Gasteiger partial charge in [-0.2, -0.15) is 0 Å². The summed E-state index contributed by atoms with van der Waals surface area (Å²) in [6.07, 6.45) is -3.67. The minimum absolute atomic E-state index is 0.0827. The summed E-state index contributed by atoms with van der Waals surface area (Å²) in [5, 5.41) is 0. The SMILES string of the molecule is CC(=O)OC[C@@H]1O[C@@H](N2C(=O)/C(=C(/C)c3ccncc3)SC2=S)[C@H](OC(C)=O)[C@H](OC(C)=O)[C@@H]1OC(C)=O. The number of carbonyl (C=O) groups excluding carboxylic acids is 5. The molecule has 2 saturated heterocycles. The van der Waals surface area contributed by atoms with Crippen molar-refractivity contribution in [2.45, 2.75) is 65.3 Å². The lowest BCUT2D eigenvalue weighted by Gasteiger charge is -2.46. The second-order valence-corrected chi connectivity index (χ2v) is 9.97. The number of amides is 1. The van der Waals surface area contributed by atoms with Crippen LogP contribution in [-0.4, -0.2) is 81.2 Å². The lowest BCUT2D eigenvalue weighted by Crippen LogP contribution is -2.66. The lowest BCUT2D eigenvalue weighted by atomic mass is 9.96. The van der Waals surface area contributed by atoms with Crippen LogP contribution in [0.4, 0.5) is 0 Å². The third-order valence-corrected chi connectivity index (χ3v) is 6.98. The van der Waals surface area contributed by atoms with E-state index in [1.54, 1.807) is 31.5 Å². The second kappa shape index (κ2) is 12.5. The average Bonchev–Trinajstić information content (AvgIpc) is 3.13. The molecule has 204 valence electrons. The van der Waals surface area contributed by atoms with Gasteiger partial charge in [-0.3, -0.25) is 33.9 Å². The van der Waals surface area contributed by atoms with Crippen molar-refractivity contribution in [1.29, 1.82) is 0 Å². The Morgan fingerprint density at radius 3 is 2.03 bits per heavy atom. The van der Waals surface area contributed by atoms with Crippen molar-refractivity contribution in [2.24, 2.45) is 0 Å². The summed E-state index contributed by atoms with van der Waals surface area (Å²) in [4.78, 5) is 66.7. The van der Waals surface area contributed by atoms with Crippen molar-refractivity contribution in [2.75, 3.05) is 6.61 Å². The molecule has 2 aliphatic heterocycles. The Bertz CT molecular complexity index is 1170. The van der Waals surface area contributed by atoms with Gasteiger partial charge in [-0.1, -0.05) is 24.0 Å². The topological polar surface area (TPSA) is 148 Å². The van der Waals surface area contributed by atoms with Gasteiger partial charge in [0.2, 0.25) is 0 Å². The van der Waals surface area contributed by atoms with Gasteiger partial charge >= 0.3 is 23.9 Å². The van der Waals surface area contributed by atoms with Gasteiger partial charge in [-0.15, -0.1) is 0 Å². The Morgan fingerprint density at radius 1 is 0.921 bits per heavy atom. The summed E-state index contributed by atoms with van der Waals surface area (Å²) in [5.74, 6) is -3.52. The number of carbonyl (C=O) groups is 5. The fourth-order valence-electron chi connectivity index (χ4n) is 3.98. The minimum atomic E-state index is -1.45. The number of pyridine rings is 1. The molecule has 1 aromatic rings. The van der Waals surface area contributed by atoms with Crippen LogP contribution in [-0.2, 0) is 47.7 Å². The summed E-state index contributed by atoms with van der Waals surface area (Å²) in [6, 6.07) is 3.46. The standard InChI is InChI=1S/C24H26N2O10S2/c1-11(16-6-8-25-9-7-16)21-22(31)26(24(37)38-21)23-20(35-15(5)30)19(34-14(4)29)18(33-13(3)28)17(36-23)10-32-12(2)27/h6-9,17-20,23H,10H2,1-5H3/b21-11+/t17-,18+,19+,20+,23+/m0/s1.